The summed E-state index contributed by atoms with van der Waals surface area (Å²) in [5, 5.41) is 3.23. The van der Waals surface area contributed by atoms with Gasteiger partial charge in [-0.2, -0.15) is 13.2 Å². The number of rotatable bonds is 2. The monoisotopic (exact) mass is 350 g/mol. The minimum absolute atomic E-state index is 0.297. The molecular formula is C12H7BrClF3N2. The average molecular weight is 352 g/mol. The molecule has 1 N–H and O–H groups in total. The molecule has 0 atom stereocenters. The van der Waals surface area contributed by atoms with E-state index in [4.69, 9.17) is 11.6 Å². The molecule has 7 heteroatoms. The number of benzene rings is 1. The normalized spacial score (nSPS) is 11.4. The summed E-state index contributed by atoms with van der Waals surface area (Å²) in [7, 11) is 0. The fourth-order valence-electron chi connectivity index (χ4n) is 1.42. The van der Waals surface area contributed by atoms with Crippen LogP contribution in [0.1, 0.15) is 5.56 Å². The van der Waals surface area contributed by atoms with Crippen LogP contribution in [0.15, 0.2) is 41.0 Å². The van der Waals surface area contributed by atoms with Crippen LogP contribution in [0, 0.1) is 0 Å². The van der Waals surface area contributed by atoms with E-state index in [1.54, 1.807) is 6.07 Å². The molecule has 2 rings (SSSR count). The number of nitrogens with zero attached hydrogens (tertiary/aromatic N) is 1. The zero-order chi connectivity index (χ0) is 14.0. The first-order valence-electron chi connectivity index (χ1n) is 5.11. The second kappa shape index (κ2) is 5.38. The Labute approximate surface area is 120 Å². The first kappa shape index (κ1) is 14.1. The second-order valence-corrected chi connectivity index (χ2v) is 4.98. The zero-order valence-corrected chi connectivity index (χ0v) is 11.6. The average Bonchev–Trinajstić information content (AvgIpc) is 2.32. The quantitative estimate of drug-likeness (QED) is 0.798. The maximum absolute atomic E-state index is 12.6. The topological polar surface area (TPSA) is 24.9 Å². The van der Waals surface area contributed by atoms with Crippen molar-refractivity contribution in [1.82, 2.24) is 4.98 Å². The van der Waals surface area contributed by atoms with Crippen molar-refractivity contribution in [3.63, 3.8) is 0 Å². The molecule has 1 aromatic carbocycles. The van der Waals surface area contributed by atoms with Crippen molar-refractivity contribution in [2.75, 3.05) is 5.32 Å². The van der Waals surface area contributed by atoms with Crippen molar-refractivity contribution in [3.05, 3.63) is 51.6 Å². The van der Waals surface area contributed by atoms with E-state index in [1.807, 2.05) is 0 Å². The van der Waals surface area contributed by atoms with E-state index in [2.05, 4.69) is 26.2 Å². The standard InChI is InChI=1S/C12H7BrClF3N2/c13-10-5-8(14)6-18-11(10)19-9-3-1-2-7(4-9)12(15,16)17/h1-6H,(H,18,19). The molecule has 2 nitrogen and oxygen atoms in total. The van der Waals surface area contributed by atoms with E-state index in [0.29, 0.717) is 21.0 Å². The number of anilines is 2. The lowest BCUT2D eigenvalue weighted by Crippen LogP contribution is -2.05. The number of nitrogens with one attached hydrogen (secondary N) is 1. The second-order valence-electron chi connectivity index (χ2n) is 3.69. The lowest BCUT2D eigenvalue weighted by Gasteiger charge is -2.11. The maximum Gasteiger partial charge on any atom is 0.416 e. The Kier molecular flexibility index (Phi) is 4.01. The summed E-state index contributed by atoms with van der Waals surface area (Å²) in [5.41, 5.74) is -0.423. The van der Waals surface area contributed by atoms with E-state index in [-0.39, 0.29) is 0 Å². The van der Waals surface area contributed by atoms with E-state index in [1.165, 1.54) is 18.3 Å². The van der Waals surface area contributed by atoms with Crippen LogP contribution in [0.2, 0.25) is 5.02 Å². The molecule has 19 heavy (non-hydrogen) atoms. The molecule has 0 unspecified atom stereocenters. The highest BCUT2D eigenvalue weighted by atomic mass is 79.9. The summed E-state index contributed by atoms with van der Waals surface area (Å²) in [6, 6.07) is 6.48. The molecule has 0 bridgehead atoms. The minimum atomic E-state index is -4.37. The Bertz CT molecular complexity index is 602. The van der Waals surface area contributed by atoms with Gasteiger partial charge in [-0.15, -0.1) is 0 Å². The summed E-state index contributed by atoms with van der Waals surface area (Å²) < 4.78 is 38.3. The largest absolute Gasteiger partial charge is 0.416 e. The van der Waals surface area contributed by atoms with Gasteiger partial charge in [0.05, 0.1) is 15.1 Å². The van der Waals surface area contributed by atoms with Crippen molar-refractivity contribution in [3.8, 4) is 0 Å². The number of hydrogen-bond donors (Lipinski definition) is 1. The SMILES string of the molecule is FC(F)(F)c1cccc(Nc2ncc(Cl)cc2Br)c1. The van der Waals surface area contributed by atoms with Crippen LogP contribution >= 0.6 is 27.5 Å². The third-order valence-corrected chi connectivity index (χ3v) is 3.07. The summed E-state index contributed by atoms with van der Waals surface area (Å²) in [6.07, 6.45) is -2.97. The van der Waals surface area contributed by atoms with Crippen LogP contribution in [0.25, 0.3) is 0 Å². The number of halogens is 5. The van der Waals surface area contributed by atoms with Crippen LogP contribution in [-0.2, 0) is 6.18 Å². The van der Waals surface area contributed by atoms with Crippen LogP contribution in [0.3, 0.4) is 0 Å². The smallest absolute Gasteiger partial charge is 0.339 e. The van der Waals surface area contributed by atoms with Crippen LogP contribution in [0.5, 0.6) is 0 Å². The van der Waals surface area contributed by atoms with Gasteiger partial charge in [-0.05, 0) is 40.2 Å². The predicted molar refractivity (Wildman–Crippen MR) is 71.7 cm³/mol. The first-order chi connectivity index (χ1) is 8.86. The highest BCUT2D eigenvalue weighted by molar-refractivity contribution is 9.10. The molecule has 1 heterocycles. The van der Waals surface area contributed by atoms with E-state index in [9.17, 15) is 13.2 Å². The van der Waals surface area contributed by atoms with Gasteiger partial charge in [0, 0.05) is 11.9 Å². The predicted octanol–water partition coefficient (Wildman–Crippen LogP) is 5.26. The van der Waals surface area contributed by atoms with Gasteiger partial charge in [0.2, 0.25) is 0 Å². The lowest BCUT2D eigenvalue weighted by molar-refractivity contribution is -0.137. The molecular weight excluding hydrogens is 344 g/mol. The van der Waals surface area contributed by atoms with E-state index >= 15 is 0 Å². The number of alkyl halides is 3. The molecule has 0 fully saturated rings. The Hall–Kier alpha value is -1.27. The number of aromatic nitrogens is 1. The molecule has 0 aliphatic heterocycles. The minimum Gasteiger partial charge on any atom is -0.339 e. The Morgan fingerprint density at radius 3 is 2.58 bits per heavy atom. The summed E-state index contributed by atoms with van der Waals surface area (Å²) in [4.78, 5) is 3.99. The summed E-state index contributed by atoms with van der Waals surface area (Å²) in [6.45, 7) is 0. The van der Waals surface area contributed by atoms with Gasteiger partial charge in [-0.1, -0.05) is 17.7 Å². The molecule has 0 saturated heterocycles. The van der Waals surface area contributed by atoms with Gasteiger partial charge in [-0.3, -0.25) is 0 Å². The summed E-state index contributed by atoms with van der Waals surface area (Å²) in [5.74, 6) is 0.392. The molecule has 0 saturated carbocycles. The Morgan fingerprint density at radius 1 is 1.21 bits per heavy atom. The number of hydrogen-bond acceptors (Lipinski definition) is 2. The molecule has 0 amide bonds. The van der Waals surface area contributed by atoms with Crippen molar-refractivity contribution in [1.29, 1.82) is 0 Å². The Balaban J connectivity index is 2.29. The first-order valence-corrected chi connectivity index (χ1v) is 6.29. The van der Waals surface area contributed by atoms with Crippen molar-refractivity contribution < 1.29 is 13.2 Å². The fourth-order valence-corrected chi connectivity index (χ4v) is 2.15. The van der Waals surface area contributed by atoms with Gasteiger partial charge in [0.25, 0.3) is 0 Å². The van der Waals surface area contributed by atoms with Crippen molar-refractivity contribution in [2.24, 2.45) is 0 Å². The van der Waals surface area contributed by atoms with Crippen LogP contribution in [0.4, 0.5) is 24.7 Å². The lowest BCUT2D eigenvalue weighted by atomic mass is 10.2. The zero-order valence-electron chi connectivity index (χ0n) is 9.30. The fraction of sp³-hybridized carbons (Fsp3) is 0.0833. The molecule has 0 aliphatic carbocycles. The third-order valence-electron chi connectivity index (χ3n) is 2.26. The molecule has 0 aliphatic rings. The van der Waals surface area contributed by atoms with Gasteiger partial charge in [0.1, 0.15) is 5.82 Å². The molecule has 2 aromatic rings. The van der Waals surface area contributed by atoms with Gasteiger partial charge in [-0.25, -0.2) is 4.98 Å². The number of pyridine rings is 1. The van der Waals surface area contributed by atoms with Crippen LogP contribution in [-0.4, -0.2) is 4.98 Å². The Morgan fingerprint density at radius 2 is 1.95 bits per heavy atom. The molecule has 0 spiro atoms. The van der Waals surface area contributed by atoms with Gasteiger partial charge < -0.3 is 5.32 Å². The highest BCUT2D eigenvalue weighted by Crippen LogP contribution is 2.32. The van der Waals surface area contributed by atoms with Crippen LogP contribution < -0.4 is 5.32 Å². The molecule has 0 radical (unpaired) electrons. The molecule has 100 valence electrons. The van der Waals surface area contributed by atoms with Crippen molar-refractivity contribution >= 4 is 39.0 Å². The van der Waals surface area contributed by atoms with E-state index in [0.717, 1.165) is 12.1 Å². The maximum atomic E-state index is 12.6. The highest BCUT2D eigenvalue weighted by Gasteiger charge is 2.30. The molecule has 1 aromatic heterocycles. The third kappa shape index (κ3) is 3.61. The van der Waals surface area contributed by atoms with Gasteiger partial charge >= 0.3 is 6.18 Å². The summed E-state index contributed by atoms with van der Waals surface area (Å²) >= 11 is 8.97. The van der Waals surface area contributed by atoms with Crippen molar-refractivity contribution in [2.45, 2.75) is 6.18 Å². The van der Waals surface area contributed by atoms with Gasteiger partial charge in [0.15, 0.2) is 0 Å². The van der Waals surface area contributed by atoms with E-state index < -0.39 is 11.7 Å².